The van der Waals surface area contributed by atoms with Crippen LogP contribution in [-0.2, 0) is 10.0 Å². The number of rotatable bonds is 6. The Morgan fingerprint density at radius 1 is 1.27 bits per heavy atom. The van der Waals surface area contributed by atoms with Crippen molar-refractivity contribution in [3.8, 4) is 0 Å². The molecule has 1 aromatic carbocycles. The maximum Gasteiger partial charge on any atom is 0.240 e. The summed E-state index contributed by atoms with van der Waals surface area (Å²) < 4.78 is 40.0. The van der Waals surface area contributed by atoms with Crippen molar-refractivity contribution < 1.29 is 12.8 Å². The van der Waals surface area contributed by atoms with Crippen molar-refractivity contribution >= 4 is 10.0 Å². The van der Waals surface area contributed by atoms with Gasteiger partial charge in [-0.15, -0.1) is 0 Å². The number of hydrogen-bond donors (Lipinski definition) is 1. The summed E-state index contributed by atoms with van der Waals surface area (Å²) in [5.41, 5.74) is 0. The van der Waals surface area contributed by atoms with Crippen LogP contribution in [0.2, 0.25) is 0 Å². The molecule has 0 aliphatic carbocycles. The largest absolute Gasteiger partial charge is 0.304 e. The van der Waals surface area contributed by atoms with Crippen molar-refractivity contribution in [2.45, 2.75) is 11.8 Å². The third kappa shape index (κ3) is 5.01. The van der Waals surface area contributed by atoms with Crippen LogP contribution in [0.1, 0.15) is 6.92 Å². The van der Waals surface area contributed by atoms with Crippen LogP contribution in [0.3, 0.4) is 0 Å². The third-order valence-corrected chi connectivity index (χ3v) is 5.32. The van der Waals surface area contributed by atoms with E-state index in [0.717, 1.165) is 38.8 Å². The van der Waals surface area contributed by atoms with Crippen LogP contribution in [0.15, 0.2) is 29.2 Å². The second kappa shape index (κ2) is 7.50. The Labute approximate surface area is 132 Å². The summed E-state index contributed by atoms with van der Waals surface area (Å²) in [6, 6.07) is 5.07. The van der Waals surface area contributed by atoms with E-state index >= 15 is 0 Å². The number of hydrogen-bond acceptors (Lipinski definition) is 4. The van der Waals surface area contributed by atoms with Crippen molar-refractivity contribution in [2.75, 3.05) is 46.3 Å². The highest BCUT2D eigenvalue weighted by atomic mass is 32.2. The molecule has 124 valence electrons. The maximum atomic E-state index is 13.1. The number of nitrogens with zero attached hydrogens (tertiary/aromatic N) is 2. The molecule has 1 aliphatic heterocycles. The van der Waals surface area contributed by atoms with Gasteiger partial charge in [0.2, 0.25) is 10.0 Å². The maximum absolute atomic E-state index is 13.1. The van der Waals surface area contributed by atoms with Gasteiger partial charge in [0, 0.05) is 39.3 Å². The Balaban J connectivity index is 1.83. The SMILES string of the molecule is C[C@@H](CNS(=O)(=O)c1cccc(F)c1)CN1CCN(C)CC1. The molecule has 1 saturated heterocycles. The number of piperazine rings is 1. The van der Waals surface area contributed by atoms with E-state index in [4.69, 9.17) is 0 Å². The molecule has 1 aliphatic rings. The molecule has 22 heavy (non-hydrogen) atoms. The van der Waals surface area contributed by atoms with E-state index in [1.165, 1.54) is 18.2 Å². The van der Waals surface area contributed by atoms with Crippen LogP contribution >= 0.6 is 0 Å². The van der Waals surface area contributed by atoms with Crippen LogP contribution < -0.4 is 4.72 Å². The van der Waals surface area contributed by atoms with Crippen molar-refractivity contribution in [1.82, 2.24) is 14.5 Å². The van der Waals surface area contributed by atoms with Crippen molar-refractivity contribution in [3.05, 3.63) is 30.1 Å². The quantitative estimate of drug-likeness (QED) is 0.846. The summed E-state index contributed by atoms with van der Waals surface area (Å²) in [4.78, 5) is 4.61. The average molecular weight is 329 g/mol. The molecule has 0 amide bonds. The average Bonchev–Trinajstić information content (AvgIpc) is 2.48. The second-order valence-electron chi connectivity index (χ2n) is 6.02. The Morgan fingerprint density at radius 3 is 2.59 bits per heavy atom. The zero-order chi connectivity index (χ0) is 16.2. The van der Waals surface area contributed by atoms with Gasteiger partial charge in [0.25, 0.3) is 0 Å². The van der Waals surface area contributed by atoms with Crippen LogP contribution in [0.4, 0.5) is 4.39 Å². The second-order valence-corrected chi connectivity index (χ2v) is 7.79. The van der Waals surface area contributed by atoms with Gasteiger partial charge in [0.1, 0.15) is 5.82 Å². The fourth-order valence-corrected chi connectivity index (χ4v) is 3.70. The first kappa shape index (κ1) is 17.3. The third-order valence-electron chi connectivity index (χ3n) is 3.89. The topological polar surface area (TPSA) is 52.7 Å². The van der Waals surface area contributed by atoms with E-state index in [0.29, 0.717) is 6.54 Å². The minimum atomic E-state index is -3.64. The fraction of sp³-hybridized carbons (Fsp3) is 0.600. The zero-order valence-electron chi connectivity index (χ0n) is 13.1. The molecule has 7 heteroatoms. The minimum absolute atomic E-state index is 0.0284. The van der Waals surface area contributed by atoms with E-state index in [2.05, 4.69) is 21.6 Å². The van der Waals surface area contributed by atoms with Gasteiger partial charge in [-0.05, 0) is 31.2 Å². The lowest BCUT2D eigenvalue weighted by atomic mass is 10.1. The molecule has 0 unspecified atom stereocenters. The predicted molar refractivity (Wildman–Crippen MR) is 84.7 cm³/mol. The molecule has 1 fully saturated rings. The van der Waals surface area contributed by atoms with Gasteiger partial charge in [-0.1, -0.05) is 13.0 Å². The molecular weight excluding hydrogens is 305 g/mol. The smallest absolute Gasteiger partial charge is 0.240 e. The molecule has 0 spiro atoms. The summed E-state index contributed by atoms with van der Waals surface area (Å²) in [5.74, 6) is -0.347. The van der Waals surface area contributed by atoms with Crippen molar-refractivity contribution in [2.24, 2.45) is 5.92 Å². The molecule has 0 aromatic heterocycles. The molecule has 0 saturated carbocycles. The normalized spacial score (nSPS) is 19.2. The predicted octanol–water partition coefficient (Wildman–Crippen LogP) is 0.988. The van der Waals surface area contributed by atoms with E-state index in [9.17, 15) is 12.8 Å². The molecule has 0 bridgehead atoms. The molecule has 1 atom stereocenters. The molecule has 1 aromatic rings. The van der Waals surface area contributed by atoms with Gasteiger partial charge >= 0.3 is 0 Å². The van der Waals surface area contributed by atoms with Crippen LogP contribution in [0.5, 0.6) is 0 Å². The highest BCUT2D eigenvalue weighted by Crippen LogP contribution is 2.11. The van der Waals surface area contributed by atoms with Crippen LogP contribution in [-0.4, -0.2) is 64.5 Å². The number of halogens is 1. The van der Waals surface area contributed by atoms with Gasteiger partial charge < -0.3 is 9.80 Å². The molecule has 1 heterocycles. The number of benzene rings is 1. The van der Waals surface area contributed by atoms with E-state index in [1.807, 2.05) is 6.92 Å². The van der Waals surface area contributed by atoms with Crippen molar-refractivity contribution in [1.29, 1.82) is 0 Å². The standard InChI is InChI=1S/C15H24FN3O2S/c1-13(12-19-8-6-18(2)7-9-19)11-17-22(20,21)15-5-3-4-14(16)10-15/h3-5,10,13,17H,6-9,11-12H2,1-2H3/t13-/m0/s1. The number of nitrogens with one attached hydrogen (secondary N) is 1. The number of likely N-dealkylation sites (N-methyl/N-ethyl adjacent to an activating group) is 1. The Kier molecular flexibility index (Phi) is 5.91. The summed E-state index contributed by atoms with van der Waals surface area (Å²) in [6.07, 6.45) is 0. The monoisotopic (exact) mass is 329 g/mol. The van der Waals surface area contributed by atoms with E-state index < -0.39 is 15.8 Å². The van der Waals surface area contributed by atoms with Gasteiger partial charge in [0.15, 0.2) is 0 Å². The first-order chi connectivity index (χ1) is 10.4. The van der Waals surface area contributed by atoms with Gasteiger partial charge in [-0.3, -0.25) is 0 Å². The van der Waals surface area contributed by atoms with Gasteiger partial charge in [-0.25, -0.2) is 17.5 Å². The molecule has 5 nitrogen and oxygen atoms in total. The summed E-state index contributed by atoms with van der Waals surface area (Å²) in [6.45, 7) is 7.34. The lowest BCUT2D eigenvalue weighted by Gasteiger charge is -2.33. The highest BCUT2D eigenvalue weighted by molar-refractivity contribution is 7.89. The van der Waals surface area contributed by atoms with E-state index in [-0.39, 0.29) is 10.8 Å². The molecule has 2 rings (SSSR count). The first-order valence-corrected chi connectivity index (χ1v) is 9.01. The highest BCUT2D eigenvalue weighted by Gasteiger charge is 2.19. The summed E-state index contributed by atoms with van der Waals surface area (Å²) >= 11 is 0. The van der Waals surface area contributed by atoms with Crippen molar-refractivity contribution in [3.63, 3.8) is 0 Å². The Morgan fingerprint density at radius 2 is 1.95 bits per heavy atom. The van der Waals surface area contributed by atoms with E-state index in [1.54, 1.807) is 0 Å². The Bertz CT molecular complexity index is 586. The summed E-state index contributed by atoms with van der Waals surface area (Å²) in [5, 5.41) is 0. The lowest BCUT2D eigenvalue weighted by molar-refractivity contribution is 0.139. The summed E-state index contributed by atoms with van der Waals surface area (Å²) in [7, 11) is -1.54. The molecule has 1 N–H and O–H groups in total. The first-order valence-electron chi connectivity index (χ1n) is 7.53. The zero-order valence-corrected chi connectivity index (χ0v) is 13.9. The minimum Gasteiger partial charge on any atom is -0.304 e. The molecular formula is C15H24FN3O2S. The molecule has 0 radical (unpaired) electrons. The number of sulfonamides is 1. The Hall–Kier alpha value is -1.02. The van der Waals surface area contributed by atoms with Crippen LogP contribution in [0, 0.1) is 11.7 Å². The van der Waals surface area contributed by atoms with Gasteiger partial charge in [-0.2, -0.15) is 0 Å². The fourth-order valence-electron chi connectivity index (χ4n) is 2.51. The van der Waals surface area contributed by atoms with Gasteiger partial charge in [0.05, 0.1) is 4.90 Å². The lowest BCUT2D eigenvalue weighted by Crippen LogP contribution is -2.46. The van der Waals surface area contributed by atoms with Crippen LogP contribution in [0.25, 0.3) is 0 Å².